The zero-order valence-electron chi connectivity index (χ0n) is 22.8. The van der Waals surface area contributed by atoms with Crippen LogP contribution in [0.3, 0.4) is 0 Å². The number of sulfonamides is 1. The molecule has 2 N–H and O–H groups in total. The van der Waals surface area contributed by atoms with Gasteiger partial charge in [0.1, 0.15) is 10.6 Å². The van der Waals surface area contributed by atoms with E-state index in [-0.39, 0.29) is 22.4 Å². The average Bonchev–Trinajstić information content (AvgIpc) is 3.53. The monoisotopic (exact) mass is 547 g/mol. The number of carbonyl (C=O) groups excluding carboxylic acids is 1. The summed E-state index contributed by atoms with van der Waals surface area (Å²) in [7, 11) is -2.44. The zero-order chi connectivity index (χ0) is 27.9. The van der Waals surface area contributed by atoms with Gasteiger partial charge >= 0.3 is 0 Å². The number of fused-ring (bicyclic) bond motifs is 1. The lowest BCUT2D eigenvalue weighted by Crippen LogP contribution is -2.32. The molecule has 1 fully saturated rings. The first kappa shape index (κ1) is 26.8. The Labute approximate surface area is 228 Å². The van der Waals surface area contributed by atoms with Gasteiger partial charge in [0.05, 0.1) is 12.7 Å². The van der Waals surface area contributed by atoms with Crippen molar-refractivity contribution >= 4 is 27.3 Å². The number of nitrogens with zero attached hydrogens (tertiary/aromatic N) is 3. The van der Waals surface area contributed by atoms with Crippen LogP contribution in [0.15, 0.2) is 47.4 Å². The molecule has 1 saturated carbocycles. The number of ether oxygens (including phenoxy) is 1. The minimum absolute atomic E-state index is 0.0132. The van der Waals surface area contributed by atoms with Crippen LogP contribution in [-0.4, -0.2) is 42.1 Å². The number of amides is 1. The van der Waals surface area contributed by atoms with Gasteiger partial charge in [0.15, 0.2) is 11.3 Å². The normalized spacial score (nSPS) is 14.2. The molecular formula is C29H33N5O4S. The summed E-state index contributed by atoms with van der Waals surface area (Å²) in [4.78, 5) is 18.5. The van der Waals surface area contributed by atoms with Gasteiger partial charge in [-0.1, -0.05) is 37.1 Å². The van der Waals surface area contributed by atoms with Crippen LogP contribution in [-0.2, 0) is 10.0 Å². The van der Waals surface area contributed by atoms with E-state index in [0.29, 0.717) is 22.5 Å². The highest BCUT2D eigenvalue weighted by Gasteiger charge is 2.29. The molecule has 9 nitrogen and oxygen atoms in total. The standard InChI is InChI=1S/C29H33N5O4S/c1-17-9-8-10-18(2)26(17)31-29(35)27-25(28-30-19(3)15-20(4)34(28)32-27)21-13-14-23(38-5)24(16-21)39(36,37)33-22-11-6-7-12-22/h8-10,13-16,22,33H,6-7,11-12H2,1-5H3,(H,31,35). The molecule has 2 aromatic heterocycles. The summed E-state index contributed by atoms with van der Waals surface area (Å²) in [6, 6.07) is 12.5. The summed E-state index contributed by atoms with van der Waals surface area (Å²) in [6.07, 6.45) is 3.60. The number of aromatic nitrogens is 3. The summed E-state index contributed by atoms with van der Waals surface area (Å²) in [5, 5.41) is 7.67. The second kappa shape index (κ2) is 10.4. The van der Waals surface area contributed by atoms with Gasteiger partial charge in [-0.05, 0) is 75.4 Å². The Bertz CT molecular complexity index is 1670. The lowest BCUT2D eigenvalue weighted by atomic mass is 10.0. The molecule has 0 spiro atoms. The molecule has 204 valence electrons. The number of rotatable bonds is 7. The Morgan fingerprint density at radius 1 is 1.03 bits per heavy atom. The fourth-order valence-electron chi connectivity index (χ4n) is 5.30. The third-order valence-corrected chi connectivity index (χ3v) is 8.79. The Balaban J connectivity index is 1.68. The summed E-state index contributed by atoms with van der Waals surface area (Å²) in [6.45, 7) is 7.62. The fourth-order valence-corrected chi connectivity index (χ4v) is 6.80. The Kier molecular flexibility index (Phi) is 7.17. The molecule has 0 bridgehead atoms. The van der Waals surface area contributed by atoms with Gasteiger partial charge in [0, 0.05) is 23.1 Å². The van der Waals surface area contributed by atoms with Crippen LogP contribution in [0, 0.1) is 27.7 Å². The van der Waals surface area contributed by atoms with E-state index in [0.717, 1.165) is 48.2 Å². The summed E-state index contributed by atoms with van der Waals surface area (Å²) in [5.41, 5.74) is 5.69. The minimum atomic E-state index is -3.89. The number of hydrogen-bond acceptors (Lipinski definition) is 6. The van der Waals surface area contributed by atoms with Crippen molar-refractivity contribution in [2.24, 2.45) is 0 Å². The van der Waals surface area contributed by atoms with Crippen LogP contribution in [0.5, 0.6) is 5.75 Å². The maximum Gasteiger partial charge on any atom is 0.276 e. The van der Waals surface area contributed by atoms with Crippen LogP contribution < -0.4 is 14.8 Å². The van der Waals surface area contributed by atoms with Gasteiger partial charge in [0.2, 0.25) is 10.0 Å². The Morgan fingerprint density at radius 2 is 1.72 bits per heavy atom. The molecule has 1 aliphatic carbocycles. The van der Waals surface area contributed by atoms with Crippen molar-refractivity contribution in [3.63, 3.8) is 0 Å². The highest BCUT2D eigenvalue weighted by atomic mass is 32.2. The average molecular weight is 548 g/mol. The molecule has 4 aromatic rings. The van der Waals surface area contributed by atoms with Crippen molar-refractivity contribution in [2.75, 3.05) is 12.4 Å². The quantitative estimate of drug-likeness (QED) is 0.332. The fraction of sp³-hybridized carbons (Fsp3) is 0.345. The number of hydrogen-bond donors (Lipinski definition) is 2. The molecular weight excluding hydrogens is 514 g/mol. The molecule has 5 rings (SSSR count). The van der Waals surface area contributed by atoms with Crippen molar-refractivity contribution in [1.29, 1.82) is 0 Å². The topological polar surface area (TPSA) is 115 Å². The van der Waals surface area contributed by atoms with Crippen LogP contribution >= 0.6 is 0 Å². The van der Waals surface area contributed by atoms with E-state index in [4.69, 9.17) is 9.72 Å². The smallest absolute Gasteiger partial charge is 0.276 e. The maximum absolute atomic E-state index is 13.7. The van der Waals surface area contributed by atoms with Crippen molar-refractivity contribution < 1.29 is 17.9 Å². The lowest BCUT2D eigenvalue weighted by Gasteiger charge is -2.16. The van der Waals surface area contributed by atoms with Crippen LogP contribution in [0.1, 0.15) is 58.7 Å². The van der Waals surface area contributed by atoms with Crippen molar-refractivity contribution in [3.8, 4) is 16.9 Å². The molecule has 0 radical (unpaired) electrons. The predicted octanol–water partition coefficient (Wildman–Crippen LogP) is 5.11. The Hall–Kier alpha value is -3.76. The first-order chi connectivity index (χ1) is 18.6. The van der Waals surface area contributed by atoms with Gasteiger partial charge in [-0.2, -0.15) is 5.10 Å². The number of methoxy groups -OCH3 is 1. The number of anilines is 1. The van der Waals surface area contributed by atoms with E-state index < -0.39 is 15.9 Å². The molecule has 0 unspecified atom stereocenters. The van der Waals surface area contributed by atoms with Crippen molar-refractivity contribution in [1.82, 2.24) is 19.3 Å². The zero-order valence-corrected chi connectivity index (χ0v) is 23.6. The molecule has 0 aliphatic heterocycles. The Morgan fingerprint density at radius 3 is 2.38 bits per heavy atom. The van der Waals surface area contributed by atoms with Gasteiger partial charge in [0.25, 0.3) is 5.91 Å². The number of nitrogens with one attached hydrogen (secondary N) is 2. The van der Waals surface area contributed by atoms with Crippen molar-refractivity contribution in [3.05, 3.63) is 70.7 Å². The number of para-hydroxylation sites is 1. The first-order valence-electron chi connectivity index (χ1n) is 13.0. The third-order valence-electron chi connectivity index (χ3n) is 7.25. The van der Waals surface area contributed by atoms with Crippen LogP contribution in [0.25, 0.3) is 16.8 Å². The number of carbonyl (C=O) groups is 1. The van der Waals surface area contributed by atoms with E-state index in [9.17, 15) is 13.2 Å². The summed E-state index contributed by atoms with van der Waals surface area (Å²) < 4.78 is 36.9. The number of aryl methyl sites for hydroxylation is 4. The van der Waals surface area contributed by atoms with E-state index in [1.807, 2.05) is 52.0 Å². The SMILES string of the molecule is COc1ccc(-c2c(C(=O)Nc3c(C)cccc3C)nn3c(C)cc(C)nc23)cc1S(=O)(=O)NC1CCCC1. The highest BCUT2D eigenvalue weighted by molar-refractivity contribution is 7.89. The molecule has 39 heavy (non-hydrogen) atoms. The second-order valence-corrected chi connectivity index (χ2v) is 11.9. The lowest BCUT2D eigenvalue weighted by molar-refractivity contribution is 0.102. The maximum atomic E-state index is 13.7. The molecule has 1 aliphatic rings. The van der Waals surface area contributed by atoms with Gasteiger partial charge in [-0.25, -0.2) is 22.6 Å². The van der Waals surface area contributed by atoms with E-state index >= 15 is 0 Å². The highest BCUT2D eigenvalue weighted by Crippen LogP contribution is 2.35. The largest absolute Gasteiger partial charge is 0.495 e. The molecule has 2 heterocycles. The third kappa shape index (κ3) is 5.14. The predicted molar refractivity (Wildman–Crippen MR) is 151 cm³/mol. The second-order valence-electron chi connectivity index (χ2n) is 10.2. The van der Waals surface area contributed by atoms with Crippen LogP contribution in [0.2, 0.25) is 0 Å². The van der Waals surface area contributed by atoms with E-state index in [2.05, 4.69) is 15.1 Å². The van der Waals surface area contributed by atoms with Gasteiger partial charge in [-0.3, -0.25) is 4.79 Å². The first-order valence-corrected chi connectivity index (χ1v) is 14.5. The van der Waals surface area contributed by atoms with E-state index in [1.165, 1.54) is 7.11 Å². The molecule has 10 heteroatoms. The van der Waals surface area contributed by atoms with E-state index in [1.54, 1.807) is 22.7 Å². The summed E-state index contributed by atoms with van der Waals surface area (Å²) in [5.74, 6) is -0.183. The molecule has 0 atom stereocenters. The van der Waals surface area contributed by atoms with Crippen LogP contribution in [0.4, 0.5) is 5.69 Å². The molecule has 1 amide bonds. The minimum Gasteiger partial charge on any atom is -0.495 e. The van der Waals surface area contributed by atoms with Gasteiger partial charge in [-0.15, -0.1) is 0 Å². The molecule has 0 saturated heterocycles. The van der Waals surface area contributed by atoms with Crippen molar-refractivity contribution in [2.45, 2.75) is 64.3 Å². The summed E-state index contributed by atoms with van der Waals surface area (Å²) >= 11 is 0. The molecule has 2 aromatic carbocycles. The number of benzene rings is 2. The van der Waals surface area contributed by atoms with Gasteiger partial charge < -0.3 is 10.1 Å².